The number of rotatable bonds is 2. The van der Waals surface area contributed by atoms with E-state index in [-0.39, 0.29) is 5.91 Å². The molecule has 1 aliphatic heterocycles. The van der Waals surface area contributed by atoms with E-state index in [9.17, 15) is 4.79 Å². The zero-order valence-corrected chi connectivity index (χ0v) is 15.5. The minimum absolute atomic E-state index is 0.109. The van der Waals surface area contributed by atoms with Gasteiger partial charge >= 0.3 is 0 Å². The molecular weight excluding hydrogens is 404 g/mol. The third-order valence-corrected chi connectivity index (χ3v) is 5.15. The van der Waals surface area contributed by atoms with Crippen LogP contribution in [-0.2, 0) is 6.54 Å². The maximum atomic E-state index is 12.9. The predicted molar refractivity (Wildman–Crippen MR) is 97.5 cm³/mol. The van der Waals surface area contributed by atoms with Crippen molar-refractivity contribution in [1.82, 2.24) is 19.9 Å². The molecule has 0 N–H and O–H groups in total. The van der Waals surface area contributed by atoms with Gasteiger partial charge in [0, 0.05) is 34.4 Å². The highest BCUT2D eigenvalue weighted by Crippen LogP contribution is 2.28. The van der Waals surface area contributed by atoms with Crippen molar-refractivity contribution in [3.05, 3.63) is 57.9 Å². The Balaban J connectivity index is 1.58. The van der Waals surface area contributed by atoms with Gasteiger partial charge in [0.15, 0.2) is 0 Å². The number of hydrogen-bond acceptors (Lipinski definition) is 6. The van der Waals surface area contributed by atoms with Crippen LogP contribution in [0.2, 0.25) is 0 Å². The molecule has 0 saturated heterocycles. The van der Waals surface area contributed by atoms with E-state index in [1.165, 1.54) is 11.3 Å². The van der Waals surface area contributed by atoms with Gasteiger partial charge in [-0.1, -0.05) is 15.9 Å². The molecule has 1 aliphatic rings. The van der Waals surface area contributed by atoms with Crippen molar-refractivity contribution in [3.8, 4) is 16.5 Å². The summed E-state index contributed by atoms with van der Waals surface area (Å²) in [6.45, 7) is 1.47. The molecule has 0 atom stereocenters. The molecule has 0 radical (unpaired) electrons. The Kier molecular flexibility index (Phi) is 4.46. The number of halogens is 1. The summed E-state index contributed by atoms with van der Waals surface area (Å²) in [7, 11) is 0. The number of aromatic nitrogens is 3. The summed E-state index contributed by atoms with van der Waals surface area (Å²) in [6.07, 6.45) is 4.86. The van der Waals surface area contributed by atoms with E-state index in [4.69, 9.17) is 4.74 Å². The number of carbonyl (C=O) groups is 1. The lowest BCUT2D eigenvalue weighted by molar-refractivity contribution is 0.0728. The number of benzene rings is 1. The van der Waals surface area contributed by atoms with Crippen LogP contribution in [0.15, 0.2) is 46.6 Å². The largest absolute Gasteiger partial charge is 0.491 e. The average Bonchev–Trinajstić information content (AvgIpc) is 3.03. The molecule has 2 aromatic heterocycles. The van der Waals surface area contributed by atoms with E-state index < -0.39 is 0 Å². The molecule has 0 unspecified atom stereocenters. The third kappa shape index (κ3) is 3.40. The molecular formula is C17H13BrN4O2S. The first-order chi connectivity index (χ1) is 12.2. The molecule has 3 aromatic rings. The molecule has 8 heteroatoms. The van der Waals surface area contributed by atoms with Gasteiger partial charge in [0.2, 0.25) is 0 Å². The first kappa shape index (κ1) is 16.2. The Labute approximate surface area is 156 Å². The van der Waals surface area contributed by atoms with Crippen LogP contribution in [0.1, 0.15) is 16.1 Å². The van der Waals surface area contributed by atoms with Gasteiger partial charge in [-0.25, -0.2) is 4.98 Å². The van der Waals surface area contributed by atoms with Crippen LogP contribution in [0.3, 0.4) is 0 Å². The topological polar surface area (TPSA) is 68.2 Å². The molecule has 0 bridgehead atoms. The second-order valence-electron chi connectivity index (χ2n) is 5.46. The lowest BCUT2D eigenvalue weighted by Gasteiger charge is -2.18. The van der Waals surface area contributed by atoms with E-state index in [0.717, 1.165) is 15.8 Å². The van der Waals surface area contributed by atoms with Gasteiger partial charge in [-0.15, -0.1) is 11.3 Å². The fourth-order valence-electron chi connectivity index (χ4n) is 2.60. The summed E-state index contributed by atoms with van der Waals surface area (Å²) in [5.41, 5.74) is 2.06. The predicted octanol–water partition coefficient (Wildman–Crippen LogP) is 3.40. The third-order valence-electron chi connectivity index (χ3n) is 3.80. The number of thiazole rings is 1. The van der Waals surface area contributed by atoms with E-state index in [2.05, 4.69) is 30.9 Å². The zero-order valence-electron chi connectivity index (χ0n) is 13.1. The molecule has 0 fully saturated rings. The molecule has 1 aromatic carbocycles. The molecule has 0 aliphatic carbocycles. The average molecular weight is 417 g/mol. The van der Waals surface area contributed by atoms with Crippen LogP contribution in [0.5, 0.6) is 5.75 Å². The van der Waals surface area contributed by atoms with E-state index in [0.29, 0.717) is 36.1 Å². The molecule has 6 nitrogen and oxygen atoms in total. The van der Waals surface area contributed by atoms with Gasteiger partial charge in [-0.05, 0) is 18.2 Å². The van der Waals surface area contributed by atoms with Gasteiger partial charge in [-0.2, -0.15) is 0 Å². The second kappa shape index (κ2) is 6.89. The van der Waals surface area contributed by atoms with Crippen LogP contribution in [-0.4, -0.2) is 38.9 Å². The Hall–Kier alpha value is -2.32. The van der Waals surface area contributed by atoms with Gasteiger partial charge in [0.25, 0.3) is 5.91 Å². The van der Waals surface area contributed by atoms with E-state index in [1.807, 2.05) is 18.2 Å². The van der Waals surface area contributed by atoms with Crippen molar-refractivity contribution >= 4 is 33.2 Å². The van der Waals surface area contributed by atoms with Crippen molar-refractivity contribution in [3.63, 3.8) is 0 Å². The van der Waals surface area contributed by atoms with Crippen LogP contribution in [0, 0.1) is 0 Å². The fraction of sp³-hybridized carbons (Fsp3) is 0.176. The Morgan fingerprint density at radius 2 is 2.24 bits per heavy atom. The normalized spacial score (nSPS) is 13.7. The van der Waals surface area contributed by atoms with Crippen molar-refractivity contribution in [1.29, 1.82) is 0 Å². The summed E-state index contributed by atoms with van der Waals surface area (Å²) in [6, 6.07) is 5.83. The summed E-state index contributed by atoms with van der Waals surface area (Å²) < 4.78 is 6.70. The Bertz CT molecular complexity index is 916. The van der Waals surface area contributed by atoms with E-state index in [1.54, 1.807) is 28.9 Å². The molecule has 4 rings (SSSR count). The van der Waals surface area contributed by atoms with E-state index >= 15 is 0 Å². The fourth-order valence-corrected chi connectivity index (χ4v) is 3.76. The van der Waals surface area contributed by atoms with Crippen LogP contribution in [0.25, 0.3) is 10.7 Å². The Morgan fingerprint density at radius 3 is 3.08 bits per heavy atom. The standard InChI is InChI=1S/C17H13BrN4O2S/c18-12-1-2-15-11(7-12)9-22(5-6-24-15)17(23)14-10-25-16(21-14)13-8-19-3-4-20-13/h1-4,7-8,10H,5-6,9H2. The van der Waals surface area contributed by atoms with Crippen LogP contribution < -0.4 is 4.74 Å². The number of carbonyl (C=O) groups excluding carboxylic acids is 1. The molecule has 25 heavy (non-hydrogen) atoms. The second-order valence-corrected chi connectivity index (χ2v) is 7.23. The first-order valence-corrected chi connectivity index (χ1v) is 9.30. The maximum absolute atomic E-state index is 12.9. The molecule has 3 heterocycles. The smallest absolute Gasteiger partial charge is 0.273 e. The van der Waals surface area contributed by atoms with Gasteiger partial charge in [0.05, 0.1) is 12.7 Å². The van der Waals surface area contributed by atoms with Crippen LogP contribution in [0.4, 0.5) is 0 Å². The summed E-state index contributed by atoms with van der Waals surface area (Å²) in [5, 5.41) is 2.45. The summed E-state index contributed by atoms with van der Waals surface area (Å²) in [5.74, 6) is 0.708. The number of hydrogen-bond donors (Lipinski definition) is 0. The van der Waals surface area contributed by atoms with Crippen molar-refractivity contribution in [2.75, 3.05) is 13.2 Å². The summed E-state index contributed by atoms with van der Waals surface area (Å²) >= 11 is 4.85. The molecule has 0 spiro atoms. The molecule has 126 valence electrons. The quantitative estimate of drug-likeness (QED) is 0.640. The number of ether oxygens (including phenoxy) is 1. The summed E-state index contributed by atoms with van der Waals surface area (Å²) in [4.78, 5) is 27.3. The maximum Gasteiger partial charge on any atom is 0.273 e. The van der Waals surface area contributed by atoms with Gasteiger partial charge in [0.1, 0.15) is 28.8 Å². The SMILES string of the molecule is O=C(c1csc(-c2cnccn2)n1)N1CCOc2ccc(Br)cc2C1. The monoisotopic (exact) mass is 416 g/mol. The highest BCUT2D eigenvalue weighted by atomic mass is 79.9. The Morgan fingerprint density at radius 1 is 1.32 bits per heavy atom. The van der Waals surface area contributed by atoms with Crippen molar-refractivity contribution in [2.24, 2.45) is 0 Å². The number of amides is 1. The van der Waals surface area contributed by atoms with Crippen molar-refractivity contribution < 1.29 is 9.53 Å². The molecule has 0 saturated carbocycles. The number of fused-ring (bicyclic) bond motifs is 1. The van der Waals surface area contributed by atoms with Crippen LogP contribution >= 0.6 is 27.3 Å². The lowest BCUT2D eigenvalue weighted by atomic mass is 10.2. The minimum Gasteiger partial charge on any atom is -0.491 e. The number of nitrogens with zero attached hydrogens (tertiary/aromatic N) is 4. The zero-order chi connectivity index (χ0) is 17.2. The molecule has 1 amide bonds. The minimum atomic E-state index is -0.109. The first-order valence-electron chi connectivity index (χ1n) is 7.63. The lowest BCUT2D eigenvalue weighted by Crippen LogP contribution is -2.32. The highest BCUT2D eigenvalue weighted by Gasteiger charge is 2.23. The van der Waals surface area contributed by atoms with Crippen molar-refractivity contribution in [2.45, 2.75) is 6.54 Å². The van der Waals surface area contributed by atoms with Gasteiger partial charge in [-0.3, -0.25) is 14.8 Å². The van der Waals surface area contributed by atoms with Gasteiger partial charge < -0.3 is 9.64 Å². The highest BCUT2D eigenvalue weighted by molar-refractivity contribution is 9.10.